The van der Waals surface area contributed by atoms with Gasteiger partial charge in [-0.3, -0.25) is 0 Å². The Balaban J connectivity index is 1.94. The molecule has 0 amide bonds. The Bertz CT molecular complexity index is 138. The lowest BCUT2D eigenvalue weighted by Gasteiger charge is -1.84. The summed E-state index contributed by atoms with van der Waals surface area (Å²) < 4.78 is 0. The fourth-order valence-corrected chi connectivity index (χ4v) is 1.97. The summed E-state index contributed by atoms with van der Waals surface area (Å²) in [5.74, 6) is 2.89. The number of aldehydes is 1. The molecule has 0 aromatic rings. The van der Waals surface area contributed by atoms with Gasteiger partial charge in [0.05, 0.1) is 0 Å². The van der Waals surface area contributed by atoms with E-state index in [-0.39, 0.29) is 0 Å². The summed E-state index contributed by atoms with van der Waals surface area (Å²) in [6, 6.07) is 0. The summed E-state index contributed by atoms with van der Waals surface area (Å²) in [4.78, 5) is 10.3. The van der Waals surface area contributed by atoms with Crippen LogP contribution in [-0.2, 0) is 4.79 Å². The maximum absolute atomic E-state index is 10.3. The van der Waals surface area contributed by atoms with Gasteiger partial charge in [-0.05, 0) is 30.6 Å². The van der Waals surface area contributed by atoms with Crippen LogP contribution in [0.1, 0.15) is 19.8 Å². The molecule has 0 spiro atoms. The number of carbonyl (C=O) groups is 1. The van der Waals surface area contributed by atoms with Crippen LogP contribution in [0.25, 0.3) is 0 Å². The van der Waals surface area contributed by atoms with Crippen LogP contribution in [0.3, 0.4) is 0 Å². The molecule has 0 saturated heterocycles. The highest BCUT2D eigenvalue weighted by Crippen LogP contribution is 2.57. The lowest BCUT2D eigenvalue weighted by atomic mass is 10.2. The maximum atomic E-state index is 10.3. The van der Waals surface area contributed by atoms with E-state index in [4.69, 9.17) is 0 Å². The number of hydrogen-bond donors (Lipinski definition) is 0. The highest BCUT2D eigenvalue weighted by atomic mass is 16.1. The van der Waals surface area contributed by atoms with E-state index in [1.165, 1.54) is 12.8 Å². The quantitative estimate of drug-likeness (QED) is 0.509. The van der Waals surface area contributed by atoms with Gasteiger partial charge >= 0.3 is 0 Å². The summed E-state index contributed by atoms with van der Waals surface area (Å²) in [5.41, 5.74) is 0. The first kappa shape index (κ1) is 5.45. The minimum Gasteiger partial charge on any atom is -0.303 e. The molecule has 2 fully saturated rings. The van der Waals surface area contributed by atoms with Crippen LogP contribution in [0.2, 0.25) is 0 Å². The van der Waals surface area contributed by atoms with Crippen LogP contribution in [-0.4, -0.2) is 6.29 Å². The van der Waals surface area contributed by atoms with Crippen molar-refractivity contribution in [2.24, 2.45) is 23.7 Å². The van der Waals surface area contributed by atoms with Gasteiger partial charge in [0.1, 0.15) is 6.29 Å². The normalized spacial score (nSPS) is 48.8. The lowest BCUT2D eigenvalue weighted by Crippen LogP contribution is -1.83. The van der Waals surface area contributed by atoms with E-state index in [9.17, 15) is 4.79 Å². The molecule has 0 radical (unpaired) electrons. The van der Waals surface area contributed by atoms with E-state index >= 15 is 0 Å². The van der Waals surface area contributed by atoms with Gasteiger partial charge in [-0.25, -0.2) is 0 Å². The van der Waals surface area contributed by atoms with Gasteiger partial charge in [0.15, 0.2) is 0 Å². The first-order valence-electron chi connectivity index (χ1n) is 3.80. The first-order chi connectivity index (χ1) is 4.34. The van der Waals surface area contributed by atoms with Gasteiger partial charge in [-0.15, -0.1) is 0 Å². The topological polar surface area (TPSA) is 17.1 Å². The molecule has 0 aromatic heterocycles. The molecule has 50 valence electrons. The summed E-state index contributed by atoms with van der Waals surface area (Å²) in [5, 5.41) is 0. The van der Waals surface area contributed by atoms with E-state index in [0.717, 1.165) is 24.0 Å². The zero-order valence-corrected chi connectivity index (χ0v) is 5.71. The standard InChI is InChI=1S/C8H12O/c1-5-7(4-9)8(5)6-2-3-6/h4-8H,2-3H2,1H3. The minimum absolute atomic E-state index is 0.442. The largest absolute Gasteiger partial charge is 0.303 e. The van der Waals surface area contributed by atoms with E-state index in [2.05, 4.69) is 6.92 Å². The molecule has 3 unspecified atom stereocenters. The van der Waals surface area contributed by atoms with Gasteiger partial charge in [-0.1, -0.05) is 6.92 Å². The molecule has 0 heterocycles. The van der Waals surface area contributed by atoms with Gasteiger partial charge in [-0.2, -0.15) is 0 Å². The van der Waals surface area contributed by atoms with Crippen LogP contribution in [0.15, 0.2) is 0 Å². The molecule has 0 bridgehead atoms. The third kappa shape index (κ3) is 0.707. The third-order valence-electron chi connectivity index (χ3n) is 2.84. The molecule has 3 atom stereocenters. The van der Waals surface area contributed by atoms with E-state index < -0.39 is 0 Å². The molecule has 1 heteroatoms. The maximum Gasteiger partial charge on any atom is 0.123 e. The van der Waals surface area contributed by atoms with Gasteiger partial charge in [0.25, 0.3) is 0 Å². The van der Waals surface area contributed by atoms with Crippen molar-refractivity contribution in [3.63, 3.8) is 0 Å². The Hall–Kier alpha value is -0.330. The molecule has 0 aromatic carbocycles. The first-order valence-corrected chi connectivity index (χ1v) is 3.80. The Morgan fingerprint density at radius 2 is 2.11 bits per heavy atom. The number of rotatable bonds is 2. The summed E-state index contributed by atoms with van der Waals surface area (Å²) in [6.45, 7) is 2.20. The Labute approximate surface area is 55.4 Å². The molecule has 0 aliphatic heterocycles. The van der Waals surface area contributed by atoms with Gasteiger partial charge in [0.2, 0.25) is 0 Å². The molecule has 9 heavy (non-hydrogen) atoms. The third-order valence-corrected chi connectivity index (χ3v) is 2.84. The van der Waals surface area contributed by atoms with Crippen molar-refractivity contribution >= 4 is 6.29 Å². The van der Waals surface area contributed by atoms with Crippen molar-refractivity contribution < 1.29 is 4.79 Å². The van der Waals surface area contributed by atoms with Crippen molar-refractivity contribution in [2.75, 3.05) is 0 Å². The van der Waals surface area contributed by atoms with E-state index in [1.807, 2.05) is 0 Å². The average molecular weight is 124 g/mol. The van der Waals surface area contributed by atoms with Gasteiger partial charge in [0, 0.05) is 5.92 Å². The highest BCUT2D eigenvalue weighted by molar-refractivity contribution is 5.59. The average Bonchev–Trinajstić information content (AvgIpc) is 2.61. The second-order valence-electron chi connectivity index (χ2n) is 3.49. The van der Waals surface area contributed by atoms with E-state index in [0.29, 0.717) is 5.92 Å². The van der Waals surface area contributed by atoms with Gasteiger partial charge < -0.3 is 4.79 Å². The molecule has 1 nitrogen and oxygen atoms in total. The molecule has 2 rings (SSSR count). The molecular weight excluding hydrogens is 112 g/mol. The predicted octanol–water partition coefficient (Wildman–Crippen LogP) is 1.48. The molecule has 0 N–H and O–H groups in total. The Kier molecular flexibility index (Phi) is 0.961. The minimum atomic E-state index is 0.442. The second-order valence-corrected chi connectivity index (χ2v) is 3.49. The fourth-order valence-electron chi connectivity index (χ4n) is 1.97. The van der Waals surface area contributed by atoms with Crippen LogP contribution >= 0.6 is 0 Å². The number of carbonyl (C=O) groups excluding carboxylic acids is 1. The van der Waals surface area contributed by atoms with Crippen LogP contribution < -0.4 is 0 Å². The van der Waals surface area contributed by atoms with Crippen LogP contribution in [0.5, 0.6) is 0 Å². The SMILES string of the molecule is CC1C(C=O)C1C1CC1. The molecular formula is C8H12O. The lowest BCUT2D eigenvalue weighted by molar-refractivity contribution is -0.109. The van der Waals surface area contributed by atoms with Crippen molar-refractivity contribution in [1.82, 2.24) is 0 Å². The predicted molar refractivity (Wildman–Crippen MR) is 34.9 cm³/mol. The Morgan fingerprint density at radius 1 is 1.44 bits per heavy atom. The van der Waals surface area contributed by atoms with Crippen molar-refractivity contribution in [2.45, 2.75) is 19.8 Å². The van der Waals surface area contributed by atoms with E-state index in [1.54, 1.807) is 0 Å². The molecule has 2 aliphatic rings. The van der Waals surface area contributed by atoms with Crippen LogP contribution in [0, 0.1) is 23.7 Å². The van der Waals surface area contributed by atoms with Crippen molar-refractivity contribution in [3.8, 4) is 0 Å². The highest BCUT2D eigenvalue weighted by Gasteiger charge is 2.53. The van der Waals surface area contributed by atoms with Crippen molar-refractivity contribution in [3.05, 3.63) is 0 Å². The summed E-state index contributed by atoms with van der Waals surface area (Å²) >= 11 is 0. The zero-order chi connectivity index (χ0) is 6.43. The summed E-state index contributed by atoms with van der Waals surface area (Å²) in [6.07, 6.45) is 3.92. The fraction of sp³-hybridized carbons (Fsp3) is 0.875. The smallest absolute Gasteiger partial charge is 0.123 e. The summed E-state index contributed by atoms with van der Waals surface area (Å²) in [7, 11) is 0. The molecule has 2 aliphatic carbocycles. The van der Waals surface area contributed by atoms with Crippen molar-refractivity contribution in [1.29, 1.82) is 0 Å². The zero-order valence-electron chi connectivity index (χ0n) is 5.71. The number of hydrogen-bond acceptors (Lipinski definition) is 1. The Morgan fingerprint density at radius 3 is 2.44 bits per heavy atom. The second kappa shape index (κ2) is 1.59. The monoisotopic (exact) mass is 124 g/mol. The molecule has 2 saturated carbocycles. The van der Waals surface area contributed by atoms with Crippen LogP contribution in [0.4, 0.5) is 0 Å².